The molecule has 4 fully saturated rings. The molecule has 0 unspecified atom stereocenters. The topological polar surface area (TPSA) is 63.2 Å². The smallest absolute Gasteiger partial charge is 0.319 e. The van der Waals surface area contributed by atoms with Crippen LogP contribution in [0.5, 0.6) is 5.88 Å². The van der Waals surface area contributed by atoms with Crippen molar-refractivity contribution in [2.45, 2.75) is 44.1 Å². The minimum absolute atomic E-state index is 0.0404. The number of carbonyl (C=O) groups is 1. The molecule has 0 radical (unpaired) electrons. The number of hydrogen-bond donors (Lipinski definition) is 2. The van der Waals surface area contributed by atoms with Crippen LogP contribution in [-0.2, 0) is 0 Å². The average Bonchev–Trinajstić information content (AvgIpc) is 2.45. The van der Waals surface area contributed by atoms with Gasteiger partial charge < -0.3 is 15.4 Å². The van der Waals surface area contributed by atoms with Crippen LogP contribution in [0.15, 0.2) is 18.3 Å². The highest BCUT2D eigenvalue weighted by atomic mass is 16.5. The van der Waals surface area contributed by atoms with Crippen LogP contribution in [0.3, 0.4) is 0 Å². The molecule has 2 amide bonds. The van der Waals surface area contributed by atoms with Gasteiger partial charge in [0.2, 0.25) is 5.88 Å². The molecule has 1 heterocycles. The van der Waals surface area contributed by atoms with Gasteiger partial charge >= 0.3 is 6.03 Å². The third kappa shape index (κ3) is 2.53. The van der Waals surface area contributed by atoms with E-state index in [0.717, 1.165) is 37.0 Å². The van der Waals surface area contributed by atoms with Crippen LogP contribution in [0, 0.1) is 17.8 Å². The predicted octanol–water partition coefficient (Wildman–Crippen LogP) is 3.18. The summed E-state index contributed by atoms with van der Waals surface area (Å²) in [6, 6.07) is 3.46. The van der Waals surface area contributed by atoms with Gasteiger partial charge in [-0.25, -0.2) is 9.78 Å². The van der Waals surface area contributed by atoms with E-state index >= 15 is 0 Å². The summed E-state index contributed by atoms with van der Waals surface area (Å²) in [4.78, 5) is 16.5. The number of nitrogens with zero attached hydrogens (tertiary/aromatic N) is 1. The fraction of sp³-hybridized carbons (Fsp3) is 0.647. The largest absolute Gasteiger partial charge is 0.481 e. The lowest BCUT2D eigenvalue weighted by Gasteiger charge is -2.56. The molecule has 5 rings (SSSR count). The molecule has 22 heavy (non-hydrogen) atoms. The van der Waals surface area contributed by atoms with Crippen molar-refractivity contribution < 1.29 is 9.53 Å². The number of rotatable bonds is 3. The van der Waals surface area contributed by atoms with Crippen molar-refractivity contribution in [3.63, 3.8) is 0 Å². The lowest BCUT2D eigenvalue weighted by Crippen LogP contribution is -2.60. The van der Waals surface area contributed by atoms with E-state index in [1.54, 1.807) is 19.4 Å². The van der Waals surface area contributed by atoms with Crippen LogP contribution in [0.1, 0.15) is 38.5 Å². The number of urea groups is 1. The number of ether oxygens (including phenoxy) is 1. The summed E-state index contributed by atoms with van der Waals surface area (Å²) >= 11 is 0. The van der Waals surface area contributed by atoms with Gasteiger partial charge in [0.25, 0.3) is 0 Å². The zero-order chi connectivity index (χ0) is 15.2. The Labute approximate surface area is 130 Å². The monoisotopic (exact) mass is 301 g/mol. The Balaban J connectivity index is 1.41. The first-order valence-corrected chi connectivity index (χ1v) is 8.23. The van der Waals surface area contributed by atoms with Gasteiger partial charge in [-0.2, -0.15) is 0 Å². The van der Waals surface area contributed by atoms with Gasteiger partial charge in [-0.15, -0.1) is 0 Å². The van der Waals surface area contributed by atoms with Gasteiger partial charge in [0.15, 0.2) is 0 Å². The number of pyridine rings is 1. The van der Waals surface area contributed by atoms with Crippen LogP contribution in [0.2, 0.25) is 0 Å². The van der Waals surface area contributed by atoms with Gasteiger partial charge in [0.1, 0.15) is 0 Å². The molecule has 118 valence electrons. The fourth-order valence-electron chi connectivity index (χ4n) is 5.24. The molecule has 4 aliphatic carbocycles. The number of nitrogens with one attached hydrogen (secondary N) is 2. The van der Waals surface area contributed by atoms with E-state index < -0.39 is 0 Å². The van der Waals surface area contributed by atoms with Crippen molar-refractivity contribution in [3.8, 4) is 5.88 Å². The molecular formula is C17H23N3O2. The maximum absolute atomic E-state index is 12.4. The molecule has 5 nitrogen and oxygen atoms in total. The third-order valence-corrected chi connectivity index (χ3v) is 5.62. The number of carbonyl (C=O) groups excluding carboxylic acids is 1. The molecule has 1 aromatic heterocycles. The molecule has 2 N–H and O–H groups in total. The zero-order valence-corrected chi connectivity index (χ0v) is 13.0. The molecule has 4 bridgehead atoms. The van der Waals surface area contributed by atoms with Crippen LogP contribution in [0.4, 0.5) is 10.5 Å². The average molecular weight is 301 g/mol. The summed E-state index contributed by atoms with van der Waals surface area (Å²) in [5.74, 6) is 3.03. The highest BCUT2D eigenvalue weighted by molar-refractivity contribution is 5.89. The summed E-state index contributed by atoms with van der Waals surface area (Å²) < 4.78 is 5.03. The molecule has 4 saturated carbocycles. The molecule has 0 aliphatic heterocycles. The first kappa shape index (κ1) is 13.9. The molecule has 4 aliphatic rings. The number of amides is 2. The summed E-state index contributed by atoms with van der Waals surface area (Å²) in [7, 11) is 1.58. The van der Waals surface area contributed by atoms with E-state index in [0.29, 0.717) is 11.6 Å². The quantitative estimate of drug-likeness (QED) is 0.901. The van der Waals surface area contributed by atoms with Crippen molar-refractivity contribution in [2.24, 2.45) is 17.8 Å². The van der Waals surface area contributed by atoms with E-state index in [1.165, 1.54) is 19.3 Å². The van der Waals surface area contributed by atoms with Gasteiger partial charge in [-0.1, -0.05) is 0 Å². The van der Waals surface area contributed by atoms with Crippen molar-refractivity contribution in [3.05, 3.63) is 18.3 Å². The van der Waals surface area contributed by atoms with Crippen molar-refractivity contribution in [2.75, 3.05) is 12.4 Å². The summed E-state index contributed by atoms with van der Waals surface area (Å²) in [6.45, 7) is 0. The standard InChI is InChI=1S/C17H23N3O2/c1-22-15-3-2-14(10-18-15)19-16(21)20-17-7-11-4-12(8-17)6-13(5-11)9-17/h2-3,10-13H,4-9H2,1H3,(H2,19,20,21). The van der Waals surface area contributed by atoms with E-state index in [1.807, 2.05) is 6.07 Å². The van der Waals surface area contributed by atoms with E-state index in [4.69, 9.17) is 4.74 Å². The Morgan fingerprint density at radius 1 is 1.18 bits per heavy atom. The Kier molecular flexibility index (Phi) is 3.24. The maximum atomic E-state index is 12.4. The van der Waals surface area contributed by atoms with E-state index in [9.17, 15) is 4.79 Å². The highest BCUT2D eigenvalue weighted by Gasteiger charge is 2.51. The molecule has 0 saturated heterocycles. The molecule has 0 atom stereocenters. The van der Waals surface area contributed by atoms with Crippen LogP contribution in [0.25, 0.3) is 0 Å². The number of anilines is 1. The van der Waals surface area contributed by atoms with Crippen molar-refractivity contribution >= 4 is 11.7 Å². The Hall–Kier alpha value is -1.78. The number of aromatic nitrogens is 1. The van der Waals surface area contributed by atoms with Crippen LogP contribution < -0.4 is 15.4 Å². The van der Waals surface area contributed by atoms with E-state index in [-0.39, 0.29) is 11.6 Å². The van der Waals surface area contributed by atoms with Crippen molar-refractivity contribution in [1.82, 2.24) is 10.3 Å². The molecular weight excluding hydrogens is 278 g/mol. The first-order valence-electron chi connectivity index (χ1n) is 8.23. The molecule has 0 spiro atoms. The van der Waals surface area contributed by atoms with Crippen LogP contribution in [-0.4, -0.2) is 23.7 Å². The van der Waals surface area contributed by atoms with Crippen molar-refractivity contribution in [1.29, 1.82) is 0 Å². The number of methoxy groups -OCH3 is 1. The predicted molar refractivity (Wildman–Crippen MR) is 83.8 cm³/mol. The summed E-state index contributed by atoms with van der Waals surface area (Å²) in [6.07, 6.45) is 9.24. The lowest BCUT2D eigenvalue weighted by atomic mass is 9.53. The van der Waals surface area contributed by atoms with Gasteiger partial charge in [0, 0.05) is 11.6 Å². The van der Waals surface area contributed by atoms with E-state index in [2.05, 4.69) is 15.6 Å². The first-order chi connectivity index (χ1) is 10.6. The second-order valence-electron chi connectivity index (χ2n) is 7.37. The summed E-state index contributed by atoms with van der Waals surface area (Å²) in [5, 5.41) is 6.19. The Bertz CT molecular complexity index is 534. The molecule has 1 aromatic rings. The second-order valence-corrected chi connectivity index (χ2v) is 7.37. The molecule has 5 heteroatoms. The second kappa shape index (κ2) is 5.14. The summed E-state index contributed by atoms with van der Waals surface area (Å²) in [5.41, 5.74) is 0.738. The number of hydrogen-bond acceptors (Lipinski definition) is 3. The van der Waals surface area contributed by atoms with Crippen LogP contribution >= 0.6 is 0 Å². The Morgan fingerprint density at radius 3 is 2.32 bits per heavy atom. The van der Waals surface area contributed by atoms with Gasteiger partial charge in [-0.05, 0) is 62.3 Å². The third-order valence-electron chi connectivity index (χ3n) is 5.62. The SMILES string of the molecule is COc1ccc(NC(=O)NC23CC4CC(CC(C4)C2)C3)cn1. The minimum Gasteiger partial charge on any atom is -0.481 e. The highest BCUT2D eigenvalue weighted by Crippen LogP contribution is 2.55. The fourth-order valence-corrected chi connectivity index (χ4v) is 5.24. The normalized spacial score (nSPS) is 35.2. The van der Waals surface area contributed by atoms with Gasteiger partial charge in [0.05, 0.1) is 19.0 Å². The van der Waals surface area contributed by atoms with Gasteiger partial charge in [-0.3, -0.25) is 0 Å². The lowest BCUT2D eigenvalue weighted by molar-refractivity contribution is -0.0127. The zero-order valence-electron chi connectivity index (χ0n) is 13.0. The maximum Gasteiger partial charge on any atom is 0.319 e. The minimum atomic E-state index is -0.103. The Morgan fingerprint density at radius 2 is 1.82 bits per heavy atom. The molecule has 0 aromatic carbocycles.